The van der Waals surface area contributed by atoms with Gasteiger partial charge in [0.05, 0.1) is 6.42 Å². The van der Waals surface area contributed by atoms with Gasteiger partial charge in [-0.1, -0.05) is 12.1 Å². The summed E-state index contributed by atoms with van der Waals surface area (Å²) >= 11 is 0. The molecule has 1 rings (SSSR count). The number of halogens is 4. The van der Waals surface area contributed by atoms with E-state index in [0.717, 1.165) is 6.07 Å². The summed E-state index contributed by atoms with van der Waals surface area (Å²) in [5.41, 5.74) is -0.876. The fourth-order valence-corrected chi connectivity index (χ4v) is 1.97. The Morgan fingerprint density at radius 3 is 2.24 bits per heavy atom. The monoisotopic (exact) mass is 270 g/mol. The van der Waals surface area contributed by atoms with E-state index in [1.165, 1.54) is 6.92 Å². The van der Waals surface area contributed by atoms with Gasteiger partial charge in [0.25, 0.3) is 0 Å². The van der Waals surface area contributed by atoms with E-state index in [0.29, 0.717) is 6.07 Å². The van der Waals surface area contributed by atoms with Crippen molar-refractivity contribution in [2.45, 2.75) is 19.5 Å². The van der Waals surface area contributed by atoms with Crippen molar-refractivity contribution in [3.05, 3.63) is 29.1 Å². The van der Waals surface area contributed by atoms with Crippen LogP contribution in [0.25, 0.3) is 0 Å². The number of rotatable bonds is 2. The molecule has 3 nitrogen and oxygen atoms in total. The normalized spacial score (nSPS) is 12.9. The van der Waals surface area contributed by atoms with Crippen LogP contribution in [0.5, 0.6) is 0 Å². The molecular weight excluding hydrogens is 263 g/mol. The van der Waals surface area contributed by atoms with E-state index in [1.54, 1.807) is 0 Å². The van der Waals surface area contributed by atoms with Gasteiger partial charge < -0.3 is 14.4 Å². The highest BCUT2D eigenvalue weighted by molar-refractivity contribution is 7.57. The summed E-state index contributed by atoms with van der Waals surface area (Å²) in [5.74, 6) is -1.62. The summed E-state index contributed by atoms with van der Waals surface area (Å²) in [5, 5.41) is -1.23. The molecule has 0 aliphatic carbocycles. The minimum Gasteiger partial charge on any atom is -0.807 e. The van der Waals surface area contributed by atoms with Crippen molar-refractivity contribution in [3.8, 4) is 0 Å². The number of alkyl halides is 3. The highest BCUT2D eigenvalue weighted by Crippen LogP contribution is 2.30. The average Bonchev–Trinajstić information content (AvgIpc) is 2.08. The molecule has 0 heterocycles. The van der Waals surface area contributed by atoms with E-state index in [2.05, 4.69) is 0 Å². The van der Waals surface area contributed by atoms with Crippen molar-refractivity contribution in [2.24, 2.45) is 0 Å². The first-order valence-corrected chi connectivity index (χ1v) is 5.94. The third-order valence-corrected chi connectivity index (χ3v) is 3.06. The maximum Gasteiger partial charge on any atom is 0.393 e. The lowest BCUT2D eigenvalue weighted by Gasteiger charge is -2.31. The SMILES string of the molecule is Cc1ccc(P(=O)([O-])[O-])c(F)c1CC(F)(F)F. The highest BCUT2D eigenvalue weighted by atomic mass is 31.2. The van der Waals surface area contributed by atoms with E-state index in [-0.39, 0.29) is 5.56 Å². The lowest BCUT2D eigenvalue weighted by atomic mass is 10.1. The predicted octanol–water partition coefficient (Wildman–Crippen LogP) is 0.778. The van der Waals surface area contributed by atoms with Crippen LogP contribution >= 0.6 is 7.60 Å². The molecule has 0 saturated heterocycles. The molecule has 0 fully saturated rings. The average molecular weight is 270 g/mol. The fourth-order valence-electron chi connectivity index (χ4n) is 1.33. The number of hydrogen-bond donors (Lipinski definition) is 0. The fraction of sp³-hybridized carbons (Fsp3) is 0.333. The number of aryl methyl sites for hydroxylation is 1. The second-order valence-corrected chi connectivity index (χ2v) is 4.96. The number of benzene rings is 1. The molecule has 0 aromatic heterocycles. The quantitative estimate of drug-likeness (QED) is 0.589. The van der Waals surface area contributed by atoms with Crippen molar-refractivity contribution >= 4 is 12.9 Å². The van der Waals surface area contributed by atoms with Gasteiger partial charge in [-0.2, -0.15) is 13.2 Å². The summed E-state index contributed by atoms with van der Waals surface area (Å²) in [7, 11) is -5.41. The minimum absolute atomic E-state index is 0.0583. The van der Waals surface area contributed by atoms with Gasteiger partial charge in [-0.25, -0.2) is 4.39 Å². The minimum atomic E-state index is -5.41. The summed E-state index contributed by atoms with van der Waals surface area (Å²) < 4.78 is 60.5. The summed E-state index contributed by atoms with van der Waals surface area (Å²) in [6.07, 6.45) is -6.29. The molecule has 0 spiro atoms. The first-order chi connectivity index (χ1) is 7.52. The largest absolute Gasteiger partial charge is 0.807 e. The lowest BCUT2D eigenvalue weighted by Crippen LogP contribution is -2.29. The number of hydrogen-bond acceptors (Lipinski definition) is 3. The van der Waals surface area contributed by atoms with Crippen LogP contribution in [0, 0.1) is 12.7 Å². The predicted molar refractivity (Wildman–Crippen MR) is 48.1 cm³/mol. The van der Waals surface area contributed by atoms with Crippen LogP contribution in [0.15, 0.2) is 12.1 Å². The van der Waals surface area contributed by atoms with Crippen molar-refractivity contribution < 1.29 is 31.9 Å². The Labute approximate surface area is 94.2 Å². The zero-order valence-electron chi connectivity index (χ0n) is 8.55. The van der Waals surface area contributed by atoms with Crippen molar-refractivity contribution in [2.75, 3.05) is 0 Å². The van der Waals surface area contributed by atoms with Gasteiger partial charge in [-0.15, -0.1) is 0 Å². The molecule has 17 heavy (non-hydrogen) atoms. The molecule has 8 heteroatoms. The molecule has 0 N–H and O–H groups in total. The smallest absolute Gasteiger partial charge is 0.393 e. The van der Waals surface area contributed by atoms with Gasteiger partial charge in [-0.05, 0) is 20.1 Å². The summed E-state index contributed by atoms with van der Waals surface area (Å²) in [6.45, 7) is 1.20. The lowest BCUT2D eigenvalue weighted by molar-refractivity contribution is -0.308. The maximum absolute atomic E-state index is 13.5. The van der Waals surface area contributed by atoms with Crippen LogP contribution in [0.4, 0.5) is 17.6 Å². The van der Waals surface area contributed by atoms with Crippen molar-refractivity contribution in [1.82, 2.24) is 0 Å². The molecule has 0 atom stereocenters. The van der Waals surface area contributed by atoms with E-state index >= 15 is 0 Å². The Morgan fingerprint density at radius 1 is 1.29 bits per heavy atom. The Hall–Kier alpha value is -0.910. The molecule has 1 aromatic carbocycles. The van der Waals surface area contributed by atoms with Gasteiger partial charge in [-0.3, -0.25) is 0 Å². The van der Waals surface area contributed by atoms with Crippen LogP contribution in [0.2, 0.25) is 0 Å². The van der Waals surface area contributed by atoms with Crippen LogP contribution in [0.1, 0.15) is 11.1 Å². The topological polar surface area (TPSA) is 63.2 Å². The Bertz CT molecular complexity index is 478. The second kappa shape index (κ2) is 4.40. The van der Waals surface area contributed by atoms with Crippen LogP contribution in [-0.4, -0.2) is 6.18 Å². The van der Waals surface area contributed by atoms with E-state index in [1.807, 2.05) is 0 Å². The Kier molecular flexibility index (Phi) is 3.66. The molecule has 0 radical (unpaired) electrons. The highest BCUT2D eigenvalue weighted by Gasteiger charge is 2.30. The van der Waals surface area contributed by atoms with Gasteiger partial charge in [0, 0.05) is 10.9 Å². The molecule has 0 saturated carbocycles. The van der Waals surface area contributed by atoms with Gasteiger partial charge in [0.1, 0.15) is 5.82 Å². The van der Waals surface area contributed by atoms with Crippen molar-refractivity contribution in [3.63, 3.8) is 0 Å². The zero-order chi connectivity index (χ0) is 13.4. The summed E-state index contributed by atoms with van der Waals surface area (Å²) in [4.78, 5) is 21.3. The van der Waals surface area contributed by atoms with Crippen LogP contribution in [0.3, 0.4) is 0 Å². The first-order valence-electron chi connectivity index (χ1n) is 4.40. The molecule has 0 aliphatic heterocycles. The molecule has 0 bridgehead atoms. The molecule has 0 amide bonds. The molecule has 96 valence electrons. The van der Waals surface area contributed by atoms with Crippen molar-refractivity contribution in [1.29, 1.82) is 0 Å². The van der Waals surface area contributed by atoms with E-state index in [4.69, 9.17) is 0 Å². The zero-order valence-corrected chi connectivity index (χ0v) is 9.44. The molecule has 0 unspecified atom stereocenters. The Balaban J connectivity index is 3.36. The molecule has 1 aromatic rings. The molecular formula is C9H7F4O3P-2. The molecule has 0 aliphatic rings. The van der Waals surface area contributed by atoms with Gasteiger partial charge in [0.15, 0.2) is 0 Å². The Morgan fingerprint density at radius 2 is 1.82 bits per heavy atom. The van der Waals surface area contributed by atoms with E-state index < -0.39 is 36.9 Å². The summed E-state index contributed by atoms with van der Waals surface area (Å²) in [6, 6.07) is 1.65. The van der Waals surface area contributed by atoms with Crippen LogP contribution in [-0.2, 0) is 11.0 Å². The first kappa shape index (κ1) is 14.2. The van der Waals surface area contributed by atoms with Gasteiger partial charge in [0.2, 0.25) is 0 Å². The van der Waals surface area contributed by atoms with Crippen LogP contribution < -0.4 is 15.1 Å². The van der Waals surface area contributed by atoms with E-state index in [9.17, 15) is 31.9 Å². The second-order valence-electron chi connectivity index (χ2n) is 3.48. The standard InChI is InChI=1S/C9H9F4O3P/c1-5-2-3-7(17(14,15)16)8(10)6(5)4-9(11,12)13/h2-3H,4H2,1H3,(H2,14,15,16)/p-2. The third-order valence-electron chi connectivity index (χ3n) is 2.13. The third kappa shape index (κ3) is 3.52. The maximum atomic E-state index is 13.5. The van der Waals surface area contributed by atoms with Gasteiger partial charge >= 0.3 is 6.18 Å².